The highest BCUT2D eigenvalue weighted by molar-refractivity contribution is 5.97. The third kappa shape index (κ3) is 2.69. The standard InChI is InChI=1S/C11H10F3NO2/c1-6-4-7-2-3-8(17-11(12,13)14)5-9(7)10(16)15-6/h2-3,5-6H,4H2,1H3,(H,15,16). The Balaban J connectivity index is 2.31. The summed E-state index contributed by atoms with van der Waals surface area (Å²) >= 11 is 0. The van der Waals surface area contributed by atoms with Crippen LogP contribution >= 0.6 is 0 Å². The molecule has 92 valence electrons. The fraction of sp³-hybridized carbons (Fsp3) is 0.364. The monoisotopic (exact) mass is 245 g/mol. The molecule has 1 heterocycles. The van der Waals surface area contributed by atoms with E-state index in [1.54, 1.807) is 0 Å². The van der Waals surface area contributed by atoms with Crippen molar-refractivity contribution in [1.29, 1.82) is 0 Å². The number of nitrogens with one attached hydrogen (secondary N) is 1. The van der Waals surface area contributed by atoms with E-state index in [-0.39, 0.29) is 23.3 Å². The number of alkyl halides is 3. The van der Waals surface area contributed by atoms with Gasteiger partial charge in [-0.1, -0.05) is 6.07 Å². The molecular formula is C11H10F3NO2. The molecule has 1 aliphatic heterocycles. The largest absolute Gasteiger partial charge is 0.573 e. The molecule has 17 heavy (non-hydrogen) atoms. The lowest BCUT2D eigenvalue weighted by Gasteiger charge is -2.23. The maximum Gasteiger partial charge on any atom is 0.573 e. The van der Waals surface area contributed by atoms with Crippen LogP contribution in [0.15, 0.2) is 18.2 Å². The zero-order valence-electron chi connectivity index (χ0n) is 8.97. The van der Waals surface area contributed by atoms with E-state index in [4.69, 9.17) is 0 Å². The number of fused-ring (bicyclic) bond motifs is 1. The van der Waals surface area contributed by atoms with Crippen LogP contribution in [-0.4, -0.2) is 18.3 Å². The Hall–Kier alpha value is -1.72. The molecule has 1 N–H and O–H groups in total. The molecule has 1 unspecified atom stereocenters. The van der Waals surface area contributed by atoms with Crippen LogP contribution in [0.4, 0.5) is 13.2 Å². The lowest BCUT2D eigenvalue weighted by molar-refractivity contribution is -0.274. The first-order valence-corrected chi connectivity index (χ1v) is 5.05. The van der Waals surface area contributed by atoms with E-state index in [0.717, 1.165) is 11.6 Å². The van der Waals surface area contributed by atoms with Crippen LogP contribution < -0.4 is 10.1 Å². The lowest BCUT2D eigenvalue weighted by Crippen LogP contribution is -2.39. The Morgan fingerprint density at radius 3 is 2.76 bits per heavy atom. The van der Waals surface area contributed by atoms with Crippen LogP contribution in [0.2, 0.25) is 0 Å². The fourth-order valence-corrected chi connectivity index (χ4v) is 1.82. The van der Waals surface area contributed by atoms with E-state index in [1.807, 2.05) is 6.92 Å². The van der Waals surface area contributed by atoms with Crippen molar-refractivity contribution < 1.29 is 22.7 Å². The summed E-state index contributed by atoms with van der Waals surface area (Å²) in [4.78, 5) is 11.6. The van der Waals surface area contributed by atoms with E-state index in [2.05, 4.69) is 10.1 Å². The van der Waals surface area contributed by atoms with Crippen LogP contribution in [0.3, 0.4) is 0 Å². The molecule has 1 atom stereocenters. The first-order valence-electron chi connectivity index (χ1n) is 5.05. The fourth-order valence-electron chi connectivity index (χ4n) is 1.82. The summed E-state index contributed by atoms with van der Waals surface area (Å²) in [6.45, 7) is 1.83. The van der Waals surface area contributed by atoms with E-state index in [0.29, 0.717) is 6.42 Å². The topological polar surface area (TPSA) is 38.3 Å². The van der Waals surface area contributed by atoms with Gasteiger partial charge in [-0.2, -0.15) is 0 Å². The zero-order valence-corrected chi connectivity index (χ0v) is 8.97. The van der Waals surface area contributed by atoms with Gasteiger partial charge in [-0.05, 0) is 31.0 Å². The van der Waals surface area contributed by atoms with E-state index >= 15 is 0 Å². The molecule has 0 spiro atoms. The van der Waals surface area contributed by atoms with Gasteiger partial charge in [0.1, 0.15) is 5.75 Å². The van der Waals surface area contributed by atoms with Crippen LogP contribution in [-0.2, 0) is 6.42 Å². The molecule has 0 aromatic heterocycles. The molecule has 3 nitrogen and oxygen atoms in total. The Morgan fingerprint density at radius 2 is 2.12 bits per heavy atom. The second-order valence-electron chi connectivity index (χ2n) is 3.95. The first-order chi connectivity index (χ1) is 7.85. The van der Waals surface area contributed by atoms with Gasteiger partial charge in [0.25, 0.3) is 5.91 Å². The highest BCUT2D eigenvalue weighted by atomic mass is 19.4. The van der Waals surface area contributed by atoms with Crippen molar-refractivity contribution >= 4 is 5.91 Å². The van der Waals surface area contributed by atoms with Gasteiger partial charge in [-0.15, -0.1) is 13.2 Å². The number of ether oxygens (including phenoxy) is 1. The van der Waals surface area contributed by atoms with Crippen molar-refractivity contribution in [3.8, 4) is 5.75 Å². The summed E-state index contributed by atoms with van der Waals surface area (Å²) < 4.78 is 39.8. The van der Waals surface area contributed by atoms with E-state index < -0.39 is 6.36 Å². The van der Waals surface area contributed by atoms with Gasteiger partial charge in [-0.3, -0.25) is 4.79 Å². The average Bonchev–Trinajstić information content (AvgIpc) is 2.16. The maximum atomic E-state index is 12.0. The smallest absolute Gasteiger partial charge is 0.406 e. The second kappa shape index (κ2) is 3.94. The second-order valence-corrected chi connectivity index (χ2v) is 3.95. The molecule has 1 aromatic carbocycles. The molecule has 0 bridgehead atoms. The summed E-state index contributed by atoms with van der Waals surface area (Å²) in [6, 6.07) is 3.82. The van der Waals surface area contributed by atoms with Crippen LogP contribution in [0, 0.1) is 0 Å². The van der Waals surface area contributed by atoms with Crippen LogP contribution in [0.5, 0.6) is 5.75 Å². The number of benzene rings is 1. The van der Waals surface area contributed by atoms with Crippen molar-refractivity contribution in [3.05, 3.63) is 29.3 Å². The third-order valence-electron chi connectivity index (χ3n) is 2.46. The van der Waals surface area contributed by atoms with Gasteiger partial charge in [0, 0.05) is 11.6 Å². The molecule has 0 saturated carbocycles. The van der Waals surface area contributed by atoms with Gasteiger partial charge < -0.3 is 10.1 Å². The summed E-state index contributed by atoms with van der Waals surface area (Å²) in [7, 11) is 0. The molecular weight excluding hydrogens is 235 g/mol. The van der Waals surface area contributed by atoms with Crippen molar-refractivity contribution in [2.75, 3.05) is 0 Å². The number of halogens is 3. The minimum Gasteiger partial charge on any atom is -0.406 e. The summed E-state index contributed by atoms with van der Waals surface area (Å²) in [5, 5.41) is 2.65. The quantitative estimate of drug-likeness (QED) is 0.824. The first kappa shape index (κ1) is 11.8. The van der Waals surface area contributed by atoms with Gasteiger partial charge in [-0.25, -0.2) is 0 Å². The highest BCUT2D eigenvalue weighted by Crippen LogP contribution is 2.27. The van der Waals surface area contributed by atoms with Crippen molar-refractivity contribution in [3.63, 3.8) is 0 Å². The van der Waals surface area contributed by atoms with Crippen LogP contribution in [0.25, 0.3) is 0 Å². The number of carbonyl (C=O) groups is 1. The van der Waals surface area contributed by atoms with Crippen LogP contribution in [0.1, 0.15) is 22.8 Å². The molecule has 1 amide bonds. The van der Waals surface area contributed by atoms with Gasteiger partial charge in [0.05, 0.1) is 0 Å². The van der Waals surface area contributed by atoms with E-state index in [9.17, 15) is 18.0 Å². The Labute approximate surface area is 95.6 Å². The predicted molar refractivity (Wildman–Crippen MR) is 53.8 cm³/mol. The molecule has 0 radical (unpaired) electrons. The minimum atomic E-state index is -4.74. The Kier molecular flexibility index (Phi) is 2.73. The van der Waals surface area contributed by atoms with Gasteiger partial charge in [0.2, 0.25) is 0 Å². The molecule has 0 saturated heterocycles. The molecule has 0 fully saturated rings. The molecule has 0 aliphatic carbocycles. The lowest BCUT2D eigenvalue weighted by atomic mass is 9.96. The normalized spacial score (nSPS) is 19.5. The SMILES string of the molecule is CC1Cc2ccc(OC(F)(F)F)cc2C(=O)N1. The van der Waals surface area contributed by atoms with Crippen molar-refractivity contribution in [1.82, 2.24) is 5.32 Å². The Morgan fingerprint density at radius 1 is 1.41 bits per heavy atom. The highest BCUT2D eigenvalue weighted by Gasteiger charge is 2.32. The number of amides is 1. The van der Waals surface area contributed by atoms with Crippen molar-refractivity contribution in [2.45, 2.75) is 25.7 Å². The maximum absolute atomic E-state index is 12.0. The van der Waals surface area contributed by atoms with Crippen molar-refractivity contribution in [2.24, 2.45) is 0 Å². The average molecular weight is 245 g/mol. The molecule has 1 aliphatic rings. The molecule has 2 rings (SSSR count). The number of rotatable bonds is 1. The van der Waals surface area contributed by atoms with E-state index in [1.165, 1.54) is 12.1 Å². The summed E-state index contributed by atoms with van der Waals surface area (Å²) in [6.07, 6.45) is -4.14. The molecule has 6 heteroatoms. The minimum absolute atomic E-state index is 0.00983. The zero-order chi connectivity index (χ0) is 12.6. The summed E-state index contributed by atoms with van der Waals surface area (Å²) in [5.74, 6) is -0.743. The number of hydrogen-bond acceptors (Lipinski definition) is 2. The van der Waals surface area contributed by atoms with Gasteiger partial charge in [0.15, 0.2) is 0 Å². The number of hydrogen-bond donors (Lipinski definition) is 1. The molecule has 1 aromatic rings. The Bertz CT molecular complexity index is 457. The number of carbonyl (C=O) groups excluding carboxylic acids is 1. The predicted octanol–water partition coefficient (Wildman–Crippen LogP) is 2.26. The third-order valence-corrected chi connectivity index (χ3v) is 2.46. The summed E-state index contributed by atoms with van der Waals surface area (Å²) in [5.41, 5.74) is 0.973. The van der Waals surface area contributed by atoms with Gasteiger partial charge >= 0.3 is 6.36 Å².